The van der Waals surface area contributed by atoms with E-state index < -0.39 is 0 Å². The Bertz CT molecular complexity index is 406. The molecular weight excluding hydrogens is 254 g/mol. The minimum Gasteiger partial charge on any atom is -0.348 e. The highest BCUT2D eigenvalue weighted by atomic mass is 32.1. The summed E-state index contributed by atoms with van der Waals surface area (Å²) in [6.07, 6.45) is 1.11. The molecule has 2 unspecified atom stereocenters. The first kappa shape index (κ1) is 16.4. The number of rotatable bonds is 5. The lowest BCUT2D eigenvalue weighted by Gasteiger charge is -2.35. The van der Waals surface area contributed by atoms with E-state index in [-0.39, 0.29) is 5.41 Å². The number of nitrogens with two attached hydrogens (primary N) is 1. The van der Waals surface area contributed by atoms with Crippen LogP contribution in [0.4, 0.5) is 5.13 Å². The summed E-state index contributed by atoms with van der Waals surface area (Å²) in [5, 5.41) is 1.10. The second-order valence-corrected chi connectivity index (χ2v) is 7.53. The lowest BCUT2D eigenvalue weighted by atomic mass is 9.87. The smallest absolute Gasteiger partial charge is 0.185 e. The Labute approximate surface area is 122 Å². The molecule has 4 heteroatoms. The van der Waals surface area contributed by atoms with E-state index in [9.17, 15) is 0 Å². The fourth-order valence-electron chi connectivity index (χ4n) is 1.97. The zero-order valence-corrected chi connectivity index (χ0v) is 14.3. The van der Waals surface area contributed by atoms with Crippen molar-refractivity contribution in [2.75, 3.05) is 11.9 Å². The summed E-state index contributed by atoms with van der Waals surface area (Å²) in [5.74, 6) is 0.488. The number of hydrogen-bond acceptors (Lipinski definition) is 4. The van der Waals surface area contributed by atoms with Crippen molar-refractivity contribution in [2.45, 2.75) is 66.5 Å². The van der Waals surface area contributed by atoms with Gasteiger partial charge >= 0.3 is 0 Å². The lowest BCUT2D eigenvalue weighted by molar-refractivity contribution is 0.329. The summed E-state index contributed by atoms with van der Waals surface area (Å²) in [7, 11) is 2.13. The predicted molar refractivity (Wildman–Crippen MR) is 86.0 cm³/mol. The third-order valence-corrected chi connectivity index (χ3v) is 5.30. The minimum atomic E-state index is 0.236. The van der Waals surface area contributed by atoms with Gasteiger partial charge in [-0.05, 0) is 24.7 Å². The molecule has 0 aromatic carbocycles. The van der Waals surface area contributed by atoms with Gasteiger partial charge in [-0.2, -0.15) is 0 Å². The number of nitrogens with zero attached hydrogens (tertiary/aromatic N) is 2. The van der Waals surface area contributed by atoms with Crippen molar-refractivity contribution in [2.24, 2.45) is 11.1 Å². The molecule has 0 amide bonds. The van der Waals surface area contributed by atoms with Crippen LogP contribution in [0.15, 0.2) is 0 Å². The molecule has 1 aromatic heterocycles. The van der Waals surface area contributed by atoms with Crippen LogP contribution in [0.5, 0.6) is 0 Å². The molecule has 0 aliphatic carbocycles. The summed E-state index contributed by atoms with van der Waals surface area (Å²) in [5.41, 5.74) is 7.30. The molecule has 0 bridgehead atoms. The van der Waals surface area contributed by atoms with Gasteiger partial charge < -0.3 is 10.6 Å². The first-order valence-electron chi connectivity index (χ1n) is 7.14. The van der Waals surface area contributed by atoms with Crippen LogP contribution < -0.4 is 10.6 Å². The van der Waals surface area contributed by atoms with E-state index in [0.29, 0.717) is 18.5 Å². The first-order valence-corrected chi connectivity index (χ1v) is 7.96. The van der Waals surface area contributed by atoms with Gasteiger partial charge in [-0.3, -0.25) is 0 Å². The molecule has 0 saturated carbocycles. The zero-order chi connectivity index (χ0) is 14.8. The molecule has 1 rings (SSSR count). The second kappa shape index (κ2) is 6.23. The topological polar surface area (TPSA) is 42.2 Å². The number of thiazole rings is 1. The van der Waals surface area contributed by atoms with Crippen molar-refractivity contribution >= 4 is 16.5 Å². The summed E-state index contributed by atoms with van der Waals surface area (Å²) < 4.78 is 0. The molecule has 2 atom stereocenters. The number of anilines is 1. The Kier molecular flexibility index (Phi) is 5.39. The molecule has 0 spiro atoms. The summed E-state index contributed by atoms with van der Waals surface area (Å²) in [4.78, 5) is 8.37. The number of hydrogen-bond donors (Lipinski definition) is 1. The summed E-state index contributed by atoms with van der Waals surface area (Å²) in [6.45, 7) is 14.1. The molecule has 0 radical (unpaired) electrons. The Balaban J connectivity index is 3.05. The average Bonchev–Trinajstić information content (AvgIpc) is 2.78. The maximum absolute atomic E-state index is 5.87. The van der Waals surface area contributed by atoms with Crippen molar-refractivity contribution in [1.82, 2.24) is 4.98 Å². The molecule has 0 saturated heterocycles. The molecule has 3 nitrogen and oxygen atoms in total. The van der Waals surface area contributed by atoms with Crippen molar-refractivity contribution in [3.8, 4) is 0 Å². The molecule has 0 fully saturated rings. The molecule has 1 heterocycles. The van der Waals surface area contributed by atoms with E-state index in [1.54, 1.807) is 11.3 Å². The van der Waals surface area contributed by atoms with Crippen LogP contribution in [0, 0.1) is 5.41 Å². The van der Waals surface area contributed by atoms with Crippen LogP contribution in [0.1, 0.15) is 64.5 Å². The van der Waals surface area contributed by atoms with Crippen LogP contribution in [-0.4, -0.2) is 18.1 Å². The molecule has 0 aliphatic rings. The van der Waals surface area contributed by atoms with E-state index in [0.717, 1.165) is 11.6 Å². The van der Waals surface area contributed by atoms with Crippen LogP contribution in [0.3, 0.4) is 0 Å². The van der Waals surface area contributed by atoms with E-state index in [1.165, 1.54) is 10.6 Å². The molecule has 110 valence electrons. The molecule has 1 aromatic rings. The fourth-order valence-corrected chi connectivity index (χ4v) is 3.07. The van der Waals surface area contributed by atoms with Gasteiger partial charge in [-0.15, -0.1) is 11.3 Å². The molecule has 2 N–H and O–H groups in total. The predicted octanol–water partition coefficient (Wildman–Crippen LogP) is 3.99. The first-order chi connectivity index (χ1) is 8.72. The van der Waals surface area contributed by atoms with E-state index in [4.69, 9.17) is 10.7 Å². The van der Waals surface area contributed by atoms with Crippen LogP contribution in [0.2, 0.25) is 0 Å². The molecular formula is C15H29N3S. The highest BCUT2D eigenvalue weighted by Gasteiger charge is 2.27. The Morgan fingerprint density at radius 1 is 1.32 bits per heavy atom. The second-order valence-electron chi connectivity index (χ2n) is 6.47. The van der Waals surface area contributed by atoms with Crippen LogP contribution >= 0.6 is 11.3 Å². The van der Waals surface area contributed by atoms with Gasteiger partial charge in [0.1, 0.15) is 0 Å². The van der Waals surface area contributed by atoms with Gasteiger partial charge in [-0.25, -0.2) is 4.98 Å². The maximum Gasteiger partial charge on any atom is 0.185 e. The minimum absolute atomic E-state index is 0.236. The Morgan fingerprint density at radius 3 is 2.32 bits per heavy atom. The van der Waals surface area contributed by atoms with Crippen LogP contribution in [-0.2, 0) is 6.54 Å². The van der Waals surface area contributed by atoms with Gasteiger partial charge in [0.25, 0.3) is 0 Å². The fraction of sp³-hybridized carbons (Fsp3) is 0.800. The highest BCUT2D eigenvalue weighted by molar-refractivity contribution is 7.15. The van der Waals surface area contributed by atoms with Crippen molar-refractivity contribution in [3.05, 3.63) is 10.6 Å². The SMILES string of the molecule is CCC(C)c1nc(N(C)C(C)C(C)(C)C)sc1CN. The van der Waals surface area contributed by atoms with Gasteiger partial charge in [0, 0.05) is 24.5 Å². The largest absolute Gasteiger partial charge is 0.348 e. The van der Waals surface area contributed by atoms with Crippen LogP contribution in [0.25, 0.3) is 0 Å². The third kappa shape index (κ3) is 3.69. The zero-order valence-electron chi connectivity index (χ0n) is 13.4. The van der Waals surface area contributed by atoms with Crippen molar-refractivity contribution < 1.29 is 0 Å². The van der Waals surface area contributed by atoms with Crippen molar-refractivity contribution in [3.63, 3.8) is 0 Å². The lowest BCUT2D eigenvalue weighted by Crippen LogP contribution is -2.39. The highest BCUT2D eigenvalue weighted by Crippen LogP contribution is 2.34. The van der Waals surface area contributed by atoms with Gasteiger partial charge in [0.05, 0.1) is 5.69 Å². The third-order valence-electron chi connectivity index (χ3n) is 4.12. The van der Waals surface area contributed by atoms with Gasteiger partial charge in [0.2, 0.25) is 0 Å². The van der Waals surface area contributed by atoms with Gasteiger partial charge in [-0.1, -0.05) is 34.6 Å². The summed E-state index contributed by atoms with van der Waals surface area (Å²) >= 11 is 1.75. The van der Waals surface area contributed by atoms with E-state index in [1.807, 2.05) is 0 Å². The van der Waals surface area contributed by atoms with E-state index in [2.05, 4.69) is 53.5 Å². The average molecular weight is 283 g/mol. The quantitative estimate of drug-likeness (QED) is 0.888. The monoisotopic (exact) mass is 283 g/mol. The standard InChI is InChI=1S/C15H29N3S/c1-8-10(2)13-12(9-16)19-14(17-13)18(7)11(3)15(4,5)6/h10-11H,8-9,16H2,1-7H3. The summed E-state index contributed by atoms with van der Waals surface area (Å²) in [6, 6.07) is 0.439. The Hall–Kier alpha value is -0.610. The van der Waals surface area contributed by atoms with Crippen molar-refractivity contribution in [1.29, 1.82) is 0 Å². The number of aromatic nitrogens is 1. The molecule has 19 heavy (non-hydrogen) atoms. The van der Waals surface area contributed by atoms with Gasteiger partial charge in [0.15, 0.2) is 5.13 Å². The maximum atomic E-state index is 5.87. The molecule has 0 aliphatic heterocycles. The Morgan fingerprint density at radius 2 is 1.89 bits per heavy atom. The normalized spacial score (nSPS) is 15.4. The van der Waals surface area contributed by atoms with E-state index >= 15 is 0 Å².